The standard InChI is InChI=1S/C11H24N2O2/c1-9(6-7-12)13(4)10(14)8-11(2,3)15-5/h9H,6-8,12H2,1-5H3. The summed E-state index contributed by atoms with van der Waals surface area (Å²) in [5.41, 5.74) is 5.06. The van der Waals surface area contributed by atoms with Crippen LogP contribution in [-0.4, -0.2) is 43.2 Å². The Bertz CT molecular complexity index is 205. The van der Waals surface area contributed by atoms with Crippen LogP contribution in [0.2, 0.25) is 0 Å². The van der Waals surface area contributed by atoms with Gasteiger partial charge < -0.3 is 15.4 Å². The van der Waals surface area contributed by atoms with Gasteiger partial charge >= 0.3 is 0 Å². The van der Waals surface area contributed by atoms with Crippen LogP contribution in [0.4, 0.5) is 0 Å². The topological polar surface area (TPSA) is 55.6 Å². The number of ether oxygens (including phenoxy) is 1. The van der Waals surface area contributed by atoms with Gasteiger partial charge in [0.2, 0.25) is 5.91 Å². The smallest absolute Gasteiger partial charge is 0.225 e. The molecular weight excluding hydrogens is 192 g/mol. The first-order valence-corrected chi connectivity index (χ1v) is 5.35. The van der Waals surface area contributed by atoms with E-state index >= 15 is 0 Å². The van der Waals surface area contributed by atoms with Crippen molar-refractivity contribution < 1.29 is 9.53 Å². The molecule has 0 spiro atoms. The van der Waals surface area contributed by atoms with Crippen LogP contribution >= 0.6 is 0 Å². The number of carbonyl (C=O) groups is 1. The summed E-state index contributed by atoms with van der Waals surface area (Å²) in [7, 11) is 3.44. The minimum atomic E-state index is -0.395. The molecule has 2 N–H and O–H groups in total. The first-order valence-electron chi connectivity index (χ1n) is 5.35. The molecule has 0 aromatic rings. The van der Waals surface area contributed by atoms with Gasteiger partial charge in [0, 0.05) is 20.2 Å². The highest BCUT2D eigenvalue weighted by atomic mass is 16.5. The van der Waals surface area contributed by atoms with Crippen molar-refractivity contribution >= 4 is 5.91 Å². The van der Waals surface area contributed by atoms with E-state index in [1.165, 1.54) is 0 Å². The molecule has 0 aromatic heterocycles. The van der Waals surface area contributed by atoms with E-state index in [0.29, 0.717) is 13.0 Å². The van der Waals surface area contributed by atoms with Crippen molar-refractivity contribution in [1.29, 1.82) is 0 Å². The minimum Gasteiger partial charge on any atom is -0.378 e. The molecule has 0 aliphatic rings. The molecule has 90 valence electrons. The van der Waals surface area contributed by atoms with Crippen LogP contribution in [0.1, 0.15) is 33.6 Å². The second kappa shape index (κ2) is 6.08. The van der Waals surface area contributed by atoms with Crippen LogP contribution in [0.15, 0.2) is 0 Å². The Hall–Kier alpha value is -0.610. The largest absolute Gasteiger partial charge is 0.378 e. The molecule has 0 aliphatic heterocycles. The zero-order valence-electron chi connectivity index (χ0n) is 10.5. The highest BCUT2D eigenvalue weighted by molar-refractivity contribution is 5.77. The lowest BCUT2D eigenvalue weighted by atomic mass is 10.0. The van der Waals surface area contributed by atoms with E-state index in [2.05, 4.69) is 0 Å². The second-order valence-electron chi connectivity index (χ2n) is 4.57. The monoisotopic (exact) mass is 216 g/mol. The molecule has 0 radical (unpaired) electrons. The van der Waals surface area contributed by atoms with Gasteiger partial charge in [-0.15, -0.1) is 0 Å². The average Bonchev–Trinajstić information content (AvgIpc) is 2.16. The normalized spacial score (nSPS) is 13.7. The summed E-state index contributed by atoms with van der Waals surface area (Å²) in [6, 6.07) is 0.190. The molecule has 0 saturated heterocycles. The fourth-order valence-electron chi connectivity index (χ4n) is 1.24. The van der Waals surface area contributed by atoms with E-state index in [0.717, 1.165) is 6.42 Å². The van der Waals surface area contributed by atoms with Gasteiger partial charge in [0.05, 0.1) is 12.0 Å². The molecule has 0 bridgehead atoms. The minimum absolute atomic E-state index is 0.0998. The quantitative estimate of drug-likeness (QED) is 0.720. The zero-order chi connectivity index (χ0) is 12.1. The van der Waals surface area contributed by atoms with E-state index < -0.39 is 5.60 Å². The number of hydrogen-bond donors (Lipinski definition) is 1. The summed E-state index contributed by atoms with van der Waals surface area (Å²) in [4.78, 5) is 13.6. The van der Waals surface area contributed by atoms with E-state index in [4.69, 9.17) is 10.5 Å². The number of carbonyl (C=O) groups excluding carboxylic acids is 1. The molecule has 4 nitrogen and oxygen atoms in total. The lowest BCUT2D eigenvalue weighted by Crippen LogP contribution is -2.40. The molecule has 1 amide bonds. The first kappa shape index (κ1) is 14.4. The molecule has 1 atom stereocenters. The Morgan fingerprint density at radius 3 is 2.47 bits per heavy atom. The number of amides is 1. The molecule has 0 saturated carbocycles. The Balaban J connectivity index is 4.21. The summed E-state index contributed by atoms with van der Waals surface area (Å²) in [6.45, 7) is 6.43. The number of rotatable bonds is 6. The molecule has 0 heterocycles. The number of hydrogen-bond acceptors (Lipinski definition) is 3. The Labute approximate surface area is 92.8 Å². The van der Waals surface area contributed by atoms with Gasteiger partial charge in [-0.3, -0.25) is 4.79 Å². The Morgan fingerprint density at radius 2 is 2.07 bits per heavy atom. The van der Waals surface area contributed by atoms with Crippen LogP contribution in [0, 0.1) is 0 Å². The third-order valence-corrected chi connectivity index (χ3v) is 2.77. The van der Waals surface area contributed by atoms with Crippen LogP contribution in [-0.2, 0) is 9.53 Å². The summed E-state index contributed by atoms with van der Waals surface area (Å²) in [6.07, 6.45) is 1.23. The van der Waals surface area contributed by atoms with Gasteiger partial charge in [-0.05, 0) is 33.7 Å². The van der Waals surface area contributed by atoms with Crippen LogP contribution in [0.25, 0.3) is 0 Å². The maximum absolute atomic E-state index is 11.8. The molecule has 0 fully saturated rings. The number of nitrogens with zero attached hydrogens (tertiary/aromatic N) is 1. The maximum atomic E-state index is 11.8. The molecular formula is C11H24N2O2. The van der Waals surface area contributed by atoms with E-state index in [9.17, 15) is 4.79 Å². The second-order valence-corrected chi connectivity index (χ2v) is 4.57. The molecule has 0 aliphatic carbocycles. The summed E-state index contributed by atoms with van der Waals surface area (Å²) in [5, 5.41) is 0. The Kier molecular flexibility index (Phi) is 5.83. The molecule has 0 rings (SSSR count). The van der Waals surface area contributed by atoms with Crippen molar-refractivity contribution in [2.45, 2.75) is 45.3 Å². The average molecular weight is 216 g/mol. The van der Waals surface area contributed by atoms with Crippen LogP contribution in [0.3, 0.4) is 0 Å². The van der Waals surface area contributed by atoms with Crippen molar-refractivity contribution in [1.82, 2.24) is 4.90 Å². The third kappa shape index (κ3) is 5.14. The van der Waals surface area contributed by atoms with Gasteiger partial charge in [0.15, 0.2) is 0 Å². The highest BCUT2D eigenvalue weighted by Gasteiger charge is 2.24. The van der Waals surface area contributed by atoms with Crippen LogP contribution in [0.5, 0.6) is 0 Å². The molecule has 1 unspecified atom stereocenters. The predicted molar refractivity (Wildman–Crippen MR) is 61.6 cm³/mol. The van der Waals surface area contributed by atoms with Crippen molar-refractivity contribution in [3.63, 3.8) is 0 Å². The van der Waals surface area contributed by atoms with Gasteiger partial charge in [-0.25, -0.2) is 0 Å². The summed E-state index contributed by atoms with van der Waals surface area (Å²) in [5.74, 6) is 0.0998. The number of methoxy groups -OCH3 is 1. The SMILES string of the molecule is COC(C)(C)CC(=O)N(C)C(C)CCN. The van der Waals surface area contributed by atoms with Crippen molar-refractivity contribution in [3.05, 3.63) is 0 Å². The van der Waals surface area contributed by atoms with E-state index in [-0.39, 0.29) is 11.9 Å². The lowest BCUT2D eigenvalue weighted by Gasteiger charge is -2.29. The van der Waals surface area contributed by atoms with Crippen molar-refractivity contribution in [2.75, 3.05) is 20.7 Å². The van der Waals surface area contributed by atoms with Crippen LogP contribution < -0.4 is 5.73 Å². The van der Waals surface area contributed by atoms with Crippen molar-refractivity contribution in [3.8, 4) is 0 Å². The molecule has 15 heavy (non-hydrogen) atoms. The van der Waals surface area contributed by atoms with Gasteiger partial charge in [0.1, 0.15) is 0 Å². The van der Waals surface area contributed by atoms with E-state index in [1.807, 2.05) is 27.8 Å². The maximum Gasteiger partial charge on any atom is 0.225 e. The summed E-state index contributed by atoms with van der Waals surface area (Å²) >= 11 is 0. The fourth-order valence-corrected chi connectivity index (χ4v) is 1.24. The highest BCUT2D eigenvalue weighted by Crippen LogP contribution is 2.15. The third-order valence-electron chi connectivity index (χ3n) is 2.77. The zero-order valence-corrected chi connectivity index (χ0v) is 10.5. The fraction of sp³-hybridized carbons (Fsp3) is 0.909. The predicted octanol–water partition coefficient (Wildman–Crippen LogP) is 0.997. The van der Waals surface area contributed by atoms with E-state index in [1.54, 1.807) is 12.0 Å². The Morgan fingerprint density at radius 1 is 1.53 bits per heavy atom. The lowest BCUT2D eigenvalue weighted by molar-refractivity contribution is -0.137. The van der Waals surface area contributed by atoms with Gasteiger partial charge in [-0.1, -0.05) is 0 Å². The molecule has 4 heteroatoms. The molecule has 0 aromatic carbocycles. The van der Waals surface area contributed by atoms with Gasteiger partial charge in [0.25, 0.3) is 0 Å². The van der Waals surface area contributed by atoms with Gasteiger partial charge in [-0.2, -0.15) is 0 Å². The number of nitrogens with two attached hydrogens (primary N) is 1. The van der Waals surface area contributed by atoms with Crippen molar-refractivity contribution in [2.24, 2.45) is 5.73 Å². The first-order chi connectivity index (χ1) is 6.84. The summed E-state index contributed by atoms with van der Waals surface area (Å²) < 4.78 is 5.23.